The molecule has 3 rings (SSSR count). The summed E-state index contributed by atoms with van der Waals surface area (Å²) in [7, 11) is -4.08. The van der Waals surface area contributed by atoms with Crippen molar-refractivity contribution in [3.8, 4) is 0 Å². The van der Waals surface area contributed by atoms with E-state index in [-0.39, 0.29) is 18.9 Å². The van der Waals surface area contributed by atoms with Gasteiger partial charge in [0.2, 0.25) is 21.8 Å². The molecule has 0 saturated carbocycles. The SMILES string of the molecule is CC(C)(C)OC(=O)N[C@@H]1CC(C(=O)O)N(C(=O)[C@@H](CC(=O)N2CCCCC2)NS(=O)(=O)Cc2ccccc2)C1. The third kappa shape index (κ3) is 9.20. The minimum absolute atomic E-state index is 0.0934. The van der Waals surface area contributed by atoms with Crippen LogP contribution in [0.2, 0.25) is 0 Å². The van der Waals surface area contributed by atoms with Gasteiger partial charge in [0.15, 0.2) is 0 Å². The molecule has 1 aromatic rings. The zero-order chi connectivity index (χ0) is 28.8. The quantitative estimate of drug-likeness (QED) is 0.405. The molecular formula is C26H38N4O8S. The lowest BCUT2D eigenvalue weighted by Gasteiger charge is -2.30. The maximum absolute atomic E-state index is 13.7. The number of sulfonamides is 1. The molecule has 2 aliphatic rings. The predicted octanol–water partition coefficient (Wildman–Crippen LogP) is 1.46. The van der Waals surface area contributed by atoms with E-state index in [4.69, 9.17) is 4.74 Å². The number of hydrogen-bond acceptors (Lipinski definition) is 7. The molecule has 0 spiro atoms. The summed E-state index contributed by atoms with van der Waals surface area (Å²) in [6.45, 7) is 5.90. The molecule has 0 radical (unpaired) electrons. The Morgan fingerprint density at radius 3 is 2.31 bits per heavy atom. The van der Waals surface area contributed by atoms with Crippen molar-refractivity contribution in [3.05, 3.63) is 35.9 Å². The van der Waals surface area contributed by atoms with Crippen LogP contribution in [0.1, 0.15) is 58.4 Å². The molecule has 3 amide bonds. The summed E-state index contributed by atoms with van der Waals surface area (Å²) < 4.78 is 33.7. The maximum atomic E-state index is 13.7. The highest BCUT2D eigenvalue weighted by atomic mass is 32.2. The highest BCUT2D eigenvalue weighted by Gasteiger charge is 2.44. The van der Waals surface area contributed by atoms with Crippen LogP contribution in [0.3, 0.4) is 0 Å². The summed E-state index contributed by atoms with van der Waals surface area (Å²) >= 11 is 0. The lowest BCUT2D eigenvalue weighted by atomic mass is 10.1. The molecule has 0 aromatic heterocycles. The van der Waals surface area contributed by atoms with Gasteiger partial charge in [0.25, 0.3) is 0 Å². The number of ether oxygens (including phenoxy) is 1. The number of amides is 3. The van der Waals surface area contributed by atoms with Crippen LogP contribution in [0.4, 0.5) is 4.79 Å². The molecule has 2 aliphatic heterocycles. The van der Waals surface area contributed by atoms with Crippen molar-refractivity contribution in [1.82, 2.24) is 19.8 Å². The molecule has 216 valence electrons. The molecule has 2 fully saturated rings. The number of carboxylic acid groups (broad SMARTS) is 1. The van der Waals surface area contributed by atoms with E-state index in [1.165, 1.54) is 0 Å². The molecule has 13 heteroatoms. The summed E-state index contributed by atoms with van der Waals surface area (Å²) in [6, 6.07) is 4.82. The van der Waals surface area contributed by atoms with Crippen molar-refractivity contribution in [3.63, 3.8) is 0 Å². The number of nitrogens with zero attached hydrogens (tertiary/aromatic N) is 2. The van der Waals surface area contributed by atoms with E-state index >= 15 is 0 Å². The van der Waals surface area contributed by atoms with Crippen molar-refractivity contribution < 1.29 is 37.4 Å². The molecule has 12 nitrogen and oxygen atoms in total. The molecule has 1 unspecified atom stereocenters. The number of carboxylic acids is 1. The number of carbonyl (C=O) groups is 4. The number of benzene rings is 1. The van der Waals surface area contributed by atoms with Crippen LogP contribution in [0.15, 0.2) is 30.3 Å². The van der Waals surface area contributed by atoms with Crippen LogP contribution < -0.4 is 10.0 Å². The molecular weight excluding hydrogens is 528 g/mol. The normalized spacial score (nSPS) is 20.8. The van der Waals surface area contributed by atoms with Gasteiger partial charge in [-0.1, -0.05) is 30.3 Å². The van der Waals surface area contributed by atoms with Crippen molar-refractivity contribution in [2.24, 2.45) is 0 Å². The van der Waals surface area contributed by atoms with Gasteiger partial charge in [-0.2, -0.15) is 0 Å². The van der Waals surface area contributed by atoms with Gasteiger partial charge in [-0.15, -0.1) is 0 Å². The molecule has 1 aromatic carbocycles. The summed E-state index contributed by atoms with van der Waals surface area (Å²) in [5.74, 6) is -2.94. The Kier molecular flexibility index (Phi) is 9.94. The van der Waals surface area contributed by atoms with Crippen LogP contribution >= 0.6 is 0 Å². The van der Waals surface area contributed by atoms with Gasteiger partial charge in [-0.05, 0) is 45.6 Å². The van der Waals surface area contributed by atoms with E-state index in [1.807, 2.05) is 0 Å². The zero-order valence-corrected chi connectivity index (χ0v) is 23.4. The van der Waals surface area contributed by atoms with E-state index in [0.717, 1.165) is 24.2 Å². The van der Waals surface area contributed by atoms with Crippen LogP contribution in [-0.2, 0) is 34.9 Å². The Hall–Kier alpha value is -3.19. The van der Waals surface area contributed by atoms with E-state index in [1.54, 1.807) is 56.0 Å². The first-order valence-electron chi connectivity index (χ1n) is 13.1. The summed E-state index contributed by atoms with van der Waals surface area (Å²) in [6.07, 6.45) is 1.32. The second kappa shape index (κ2) is 12.8. The van der Waals surface area contributed by atoms with E-state index in [0.29, 0.717) is 18.7 Å². The number of aliphatic carboxylic acids is 1. The second-order valence-electron chi connectivity index (χ2n) is 11.0. The molecule has 2 heterocycles. The number of hydrogen-bond donors (Lipinski definition) is 3. The van der Waals surface area contributed by atoms with E-state index in [2.05, 4.69) is 10.0 Å². The Morgan fingerprint density at radius 2 is 1.72 bits per heavy atom. The predicted molar refractivity (Wildman–Crippen MR) is 142 cm³/mol. The number of likely N-dealkylation sites (tertiary alicyclic amines) is 2. The largest absolute Gasteiger partial charge is 0.480 e. The van der Waals surface area contributed by atoms with Crippen LogP contribution in [0.5, 0.6) is 0 Å². The topological polar surface area (TPSA) is 162 Å². The van der Waals surface area contributed by atoms with Gasteiger partial charge >= 0.3 is 12.1 Å². The third-order valence-corrected chi connectivity index (χ3v) is 7.85. The average molecular weight is 567 g/mol. The Labute approximate surface area is 229 Å². The number of carbonyl (C=O) groups excluding carboxylic acids is 3. The Bertz CT molecular complexity index is 1150. The smallest absolute Gasteiger partial charge is 0.407 e. The summed E-state index contributed by atoms with van der Waals surface area (Å²) in [5, 5.41) is 12.4. The fraction of sp³-hybridized carbons (Fsp3) is 0.615. The molecule has 3 atom stereocenters. The summed E-state index contributed by atoms with van der Waals surface area (Å²) in [4.78, 5) is 53.7. The monoisotopic (exact) mass is 566 g/mol. The lowest BCUT2D eigenvalue weighted by Crippen LogP contribution is -2.54. The summed E-state index contributed by atoms with van der Waals surface area (Å²) in [5.41, 5.74) is -0.286. The average Bonchev–Trinajstić information content (AvgIpc) is 3.26. The molecule has 0 bridgehead atoms. The second-order valence-corrected chi connectivity index (χ2v) is 12.7. The number of nitrogens with one attached hydrogen (secondary N) is 2. The first-order chi connectivity index (χ1) is 18.2. The highest BCUT2D eigenvalue weighted by Crippen LogP contribution is 2.22. The minimum Gasteiger partial charge on any atom is -0.480 e. The van der Waals surface area contributed by atoms with Crippen LogP contribution in [0, 0.1) is 0 Å². The van der Waals surface area contributed by atoms with Crippen LogP contribution in [-0.4, -0.2) is 90.6 Å². The fourth-order valence-electron chi connectivity index (χ4n) is 4.77. The van der Waals surface area contributed by atoms with Gasteiger partial charge < -0.3 is 25.0 Å². The number of alkyl carbamates (subject to hydrolysis) is 1. The Morgan fingerprint density at radius 1 is 1.08 bits per heavy atom. The van der Waals surface area contributed by atoms with Gasteiger partial charge in [0.1, 0.15) is 17.7 Å². The van der Waals surface area contributed by atoms with Crippen LogP contribution in [0.25, 0.3) is 0 Å². The Balaban J connectivity index is 1.80. The van der Waals surface area contributed by atoms with Gasteiger partial charge in [-0.25, -0.2) is 22.7 Å². The molecule has 3 N–H and O–H groups in total. The molecule has 39 heavy (non-hydrogen) atoms. The maximum Gasteiger partial charge on any atom is 0.407 e. The van der Waals surface area contributed by atoms with Gasteiger partial charge in [0, 0.05) is 26.1 Å². The molecule has 2 saturated heterocycles. The fourth-order valence-corrected chi connectivity index (χ4v) is 6.10. The van der Waals surface area contributed by atoms with Crippen molar-refractivity contribution in [1.29, 1.82) is 0 Å². The first kappa shape index (κ1) is 30.4. The van der Waals surface area contributed by atoms with E-state index < -0.39 is 63.9 Å². The first-order valence-corrected chi connectivity index (χ1v) is 14.7. The molecule has 0 aliphatic carbocycles. The van der Waals surface area contributed by atoms with Crippen molar-refractivity contribution in [2.45, 2.75) is 82.4 Å². The number of rotatable bonds is 9. The number of piperidine rings is 1. The lowest BCUT2D eigenvalue weighted by molar-refractivity contribution is -0.149. The highest BCUT2D eigenvalue weighted by molar-refractivity contribution is 7.88. The van der Waals surface area contributed by atoms with Gasteiger partial charge in [-0.3, -0.25) is 9.59 Å². The third-order valence-electron chi connectivity index (χ3n) is 6.50. The van der Waals surface area contributed by atoms with Gasteiger partial charge in [0.05, 0.1) is 18.2 Å². The van der Waals surface area contributed by atoms with E-state index in [9.17, 15) is 32.7 Å². The van der Waals surface area contributed by atoms with Crippen molar-refractivity contribution in [2.75, 3.05) is 19.6 Å². The zero-order valence-electron chi connectivity index (χ0n) is 22.6. The minimum atomic E-state index is -4.08. The standard InChI is InChI=1S/C26H38N4O8S/c1-26(2,3)38-25(35)27-19-14-21(24(33)34)30(16-19)23(32)20(15-22(31)29-12-8-5-9-13-29)28-39(36,37)17-18-10-6-4-7-11-18/h4,6-7,10-11,19-21,28H,5,8-9,12-17H2,1-3H3,(H,27,35)(H,33,34)/t19-,20-,21?/m1/s1. The van der Waals surface area contributed by atoms with Crippen molar-refractivity contribution >= 4 is 33.9 Å².